The van der Waals surface area contributed by atoms with Crippen LogP contribution in [0.4, 0.5) is 5.69 Å². The van der Waals surface area contributed by atoms with E-state index in [9.17, 15) is 4.79 Å². The summed E-state index contributed by atoms with van der Waals surface area (Å²) < 4.78 is 5.10. The van der Waals surface area contributed by atoms with Gasteiger partial charge < -0.3 is 9.84 Å². The number of carboxylic acids is 1. The van der Waals surface area contributed by atoms with Crippen molar-refractivity contribution in [2.24, 2.45) is 5.10 Å². The van der Waals surface area contributed by atoms with E-state index in [0.29, 0.717) is 5.75 Å². The fourth-order valence-electron chi connectivity index (χ4n) is 1.98. The van der Waals surface area contributed by atoms with Gasteiger partial charge in [0.1, 0.15) is 5.75 Å². The summed E-state index contributed by atoms with van der Waals surface area (Å²) in [5, 5.41) is 15.0. The third kappa shape index (κ3) is 5.14. The SMILES string of the molecule is CCN(/N=C/c1ccc(OCC(=O)O)cc1)c1ccc(C)cc1. The molecule has 0 saturated carbocycles. The molecular formula is C18H20N2O3. The number of anilines is 1. The van der Waals surface area contributed by atoms with E-state index in [4.69, 9.17) is 9.84 Å². The highest BCUT2D eigenvalue weighted by Gasteiger charge is 2.02. The van der Waals surface area contributed by atoms with Crippen LogP contribution in [0.1, 0.15) is 18.1 Å². The standard InChI is InChI=1S/C18H20N2O3/c1-3-20(16-8-4-14(2)5-9-16)19-12-15-6-10-17(11-7-15)23-13-18(21)22/h4-12H,3,13H2,1-2H3,(H,21,22)/b19-12+. The minimum absolute atomic E-state index is 0.343. The van der Waals surface area contributed by atoms with Gasteiger partial charge in [0.15, 0.2) is 6.61 Å². The lowest BCUT2D eigenvalue weighted by Gasteiger charge is -2.16. The molecule has 0 radical (unpaired) electrons. The summed E-state index contributed by atoms with van der Waals surface area (Å²) in [6.45, 7) is 4.52. The van der Waals surface area contributed by atoms with Crippen LogP contribution in [-0.4, -0.2) is 30.4 Å². The zero-order valence-electron chi connectivity index (χ0n) is 13.3. The van der Waals surface area contributed by atoms with Crippen LogP contribution in [0.5, 0.6) is 5.75 Å². The van der Waals surface area contributed by atoms with Gasteiger partial charge in [-0.05, 0) is 55.8 Å². The van der Waals surface area contributed by atoms with Crippen LogP contribution in [0.15, 0.2) is 53.6 Å². The van der Waals surface area contributed by atoms with E-state index in [2.05, 4.69) is 24.2 Å². The Morgan fingerprint density at radius 3 is 2.39 bits per heavy atom. The van der Waals surface area contributed by atoms with Gasteiger partial charge in [-0.15, -0.1) is 0 Å². The minimum Gasteiger partial charge on any atom is -0.482 e. The lowest BCUT2D eigenvalue weighted by molar-refractivity contribution is -0.139. The van der Waals surface area contributed by atoms with Crippen molar-refractivity contribution in [1.29, 1.82) is 0 Å². The summed E-state index contributed by atoms with van der Waals surface area (Å²) in [6, 6.07) is 15.3. The number of carbonyl (C=O) groups is 1. The predicted molar refractivity (Wildman–Crippen MR) is 91.4 cm³/mol. The van der Waals surface area contributed by atoms with Gasteiger partial charge in [0.25, 0.3) is 0 Å². The number of aryl methyl sites for hydroxylation is 1. The predicted octanol–water partition coefficient (Wildman–Crippen LogP) is 3.32. The molecule has 0 fully saturated rings. The Kier molecular flexibility index (Phi) is 5.74. The summed E-state index contributed by atoms with van der Waals surface area (Å²) >= 11 is 0. The molecule has 2 aromatic carbocycles. The quantitative estimate of drug-likeness (QED) is 0.629. The van der Waals surface area contributed by atoms with Gasteiger partial charge in [-0.2, -0.15) is 5.10 Å². The number of carboxylic acid groups (broad SMARTS) is 1. The van der Waals surface area contributed by atoms with Gasteiger partial charge >= 0.3 is 5.97 Å². The normalized spacial score (nSPS) is 10.7. The Bertz CT molecular complexity index is 664. The molecule has 0 aliphatic heterocycles. The molecule has 0 aromatic heterocycles. The lowest BCUT2D eigenvalue weighted by atomic mass is 10.2. The largest absolute Gasteiger partial charge is 0.482 e. The number of aliphatic carboxylic acids is 1. The molecule has 0 aliphatic rings. The average Bonchev–Trinajstić information content (AvgIpc) is 2.56. The minimum atomic E-state index is -0.993. The van der Waals surface area contributed by atoms with E-state index in [1.807, 2.05) is 36.2 Å². The van der Waals surface area contributed by atoms with Crippen LogP contribution in [0.3, 0.4) is 0 Å². The smallest absolute Gasteiger partial charge is 0.341 e. The zero-order valence-corrected chi connectivity index (χ0v) is 13.3. The molecule has 0 aliphatic carbocycles. The molecule has 5 nitrogen and oxygen atoms in total. The maximum absolute atomic E-state index is 10.5. The number of hydrogen-bond acceptors (Lipinski definition) is 4. The summed E-state index contributed by atoms with van der Waals surface area (Å²) in [4.78, 5) is 10.5. The number of hydrazone groups is 1. The van der Waals surface area contributed by atoms with Gasteiger partial charge in [0.05, 0.1) is 11.9 Å². The van der Waals surface area contributed by atoms with E-state index in [0.717, 1.165) is 17.8 Å². The van der Waals surface area contributed by atoms with Crippen molar-refractivity contribution in [3.63, 3.8) is 0 Å². The Balaban J connectivity index is 2.02. The molecule has 0 saturated heterocycles. The fraction of sp³-hybridized carbons (Fsp3) is 0.222. The Labute approximate surface area is 135 Å². The van der Waals surface area contributed by atoms with Crippen molar-refractivity contribution in [3.8, 4) is 5.75 Å². The first kappa shape index (κ1) is 16.5. The van der Waals surface area contributed by atoms with Crippen molar-refractivity contribution in [3.05, 3.63) is 59.7 Å². The van der Waals surface area contributed by atoms with Crippen LogP contribution in [0, 0.1) is 6.92 Å². The van der Waals surface area contributed by atoms with Gasteiger partial charge in [-0.3, -0.25) is 5.01 Å². The fourth-order valence-corrected chi connectivity index (χ4v) is 1.98. The van der Waals surface area contributed by atoms with Gasteiger partial charge in [-0.1, -0.05) is 17.7 Å². The average molecular weight is 312 g/mol. The van der Waals surface area contributed by atoms with E-state index in [1.54, 1.807) is 18.3 Å². The molecule has 5 heteroatoms. The second-order valence-electron chi connectivity index (χ2n) is 5.05. The second kappa shape index (κ2) is 7.98. The number of ether oxygens (including phenoxy) is 1. The number of nitrogens with zero attached hydrogens (tertiary/aromatic N) is 2. The van der Waals surface area contributed by atoms with Crippen LogP contribution < -0.4 is 9.75 Å². The summed E-state index contributed by atoms with van der Waals surface area (Å²) in [7, 11) is 0. The molecule has 0 amide bonds. The third-order valence-corrected chi connectivity index (χ3v) is 3.22. The van der Waals surface area contributed by atoms with Gasteiger partial charge in [-0.25, -0.2) is 4.79 Å². The Hall–Kier alpha value is -2.82. The summed E-state index contributed by atoms with van der Waals surface area (Å²) in [5.74, 6) is -0.470. The van der Waals surface area contributed by atoms with Gasteiger partial charge in [0, 0.05) is 6.54 Å². The van der Waals surface area contributed by atoms with Crippen LogP contribution in [0.2, 0.25) is 0 Å². The molecule has 2 aromatic rings. The van der Waals surface area contributed by atoms with Crippen molar-refractivity contribution < 1.29 is 14.6 Å². The molecule has 0 spiro atoms. The molecular weight excluding hydrogens is 292 g/mol. The highest BCUT2D eigenvalue weighted by atomic mass is 16.5. The molecule has 0 atom stereocenters. The molecule has 0 heterocycles. The van der Waals surface area contributed by atoms with E-state index < -0.39 is 5.97 Å². The number of benzene rings is 2. The maximum atomic E-state index is 10.5. The van der Waals surface area contributed by atoms with Crippen LogP contribution >= 0.6 is 0 Å². The van der Waals surface area contributed by atoms with Crippen molar-refractivity contribution in [1.82, 2.24) is 0 Å². The number of rotatable bonds is 7. The van der Waals surface area contributed by atoms with Crippen LogP contribution in [0.25, 0.3) is 0 Å². The monoisotopic (exact) mass is 312 g/mol. The molecule has 120 valence electrons. The summed E-state index contributed by atoms with van der Waals surface area (Å²) in [5.41, 5.74) is 3.17. The molecule has 2 rings (SSSR count). The summed E-state index contributed by atoms with van der Waals surface area (Å²) in [6.07, 6.45) is 1.77. The molecule has 0 unspecified atom stereocenters. The molecule has 23 heavy (non-hydrogen) atoms. The highest BCUT2D eigenvalue weighted by Crippen LogP contribution is 2.16. The third-order valence-electron chi connectivity index (χ3n) is 3.22. The van der Waals surface area contributed by atoms with Crippen molar-refractivity contribution >= 4 is 17.9 Å². The Morgan fingerprint density at radius 1 is 1.17 bits per heavy atom. The lowest BCUT2D eigenvalue weighted by Crippen LogP contribution is -2.15. The topological polar surface area (TPSA) is 62.1 Å². The first-order valence-corrected chi connectivity index (χ1v) is 7.41. The molecule has 0 bridgehead atoms. The zero-order chi connectivity index (χ0) is 16.7. The molecule has 1 N–H and O–H groups in total. The maximum Gasteiger partial charge on any atom is 0.341 e. The van der Waals surface area contributed by atoms with Crippen LogP contribution in [-0.2, 0) is 4.79 Å². The van der Waals surface area contributed by atoms with Crippen molar-refractivity contribution in [2.75, 3.05) is 18.2 Å². The van der Waals surface area contributed by atoms with Gasteiger partial charge in [0.2, 0.25) is 0 Å². The Morgan fingerprint density at radius 2 is 1.83 bits per heavy atom. The first-order chi connectivity index (χ1) is 11.1. The van der Waals surface area contributed by atoms with E-state index in [-0.39, 0.29) is 6.61 Å². The number of hydrogen-bond donors (Lipinski definition) is 1. The first-order valence-electron chi connectivity index (χ1n) is 7.41. The van der Waals surface area contributed by atoms with Crippen molar-refractivity contribution in [2.45, 2.75) is 13.8 Å². The van der Waals surface area contributed by atoms with E-state index in [1.165, 1.54) is 5.56 Å². The second-order valence-corrected chi connectivity index (χ2v) is 5.05. The highest BCUT2D eigenvalue weighted by molar-refractivity contribution is 5.80. The van der Waals surface area contributed by atoms with E-state index >= 15 is 0 Å².